The summed E-state index contributed by atoms with van der Waals surface area (Å²) in [4.78, 5) is 40.2. The Labute approximate surface area is 202 Å². The zero-order valence-corrected chi connectivity index (χ0v) is 20.6. The number of nitrogens with one attached hydrogen (secondary N) is 1. The van der Waals surface area contributed by atoms with Crippen molar-refractivity contribution in [1.82, 2.24) is 10.2 Å². The zero-order chi connectivity index (χ0) is 24.8. The number of hydrogen-bond acceptors (Lipinski definition) is 4. The van der Waals surface area contributed by atoms with Gasteiger partial charge in [0.15, 0.2) is 0 Å². The first-order valence-electron chi connectivity index (χ1n) is 11.9. The lowest BCUT2D eigenvalue weighted by molar-refractivity contribution is -0.140. The van der Waals surface area contributed by atoms with Crippen molar-refractivity contribution in [3.8, 4) is 0 Å². The fourth-order valence-electron chi connectivity index (χ4n) is 4.05. The number of hydrogen-bond donors (Lipinski definition) is 1. The molecule has 0 unspecified atom stereocenters. The minimum atomic E-state index is -0.391. The number of carbonyl (C=O) groups is 3. The second-order valence-corrected chi connectivity index (χ2v) is 9.07. The van der Waals surface area contributed by atoms with Gasteiger partial charge in [-0.05, 0) is 49.9 Å². The van der Waals surface area contributed by atoms with E-state index < -0.39 is 5.97 Å². The molecule has 34 heavy (non-hydrogen) atoms. The quantitative estimate of drug-likeness (QED) is 0.571. The summed E-state index contributed by atoms with van der Waals surface area (Å²) < 4.78 is 5.35. The maximum Gasteiger partial charge on any atom is 0.336 e. The van der Waals surface area contributed by atoms with E-state index in [0.717, 1.165) is 11.1 Å². The molecular weight excluding hydrogens is 428 g/mol. The van der Waals surface area contributed by atoms with Gasteiger partial charge in [-0.1, -0.05) is 56.3 Å². The van der Waals surface area contributed by atoms with E-state index in [4.69, 9.17) is 4.74 Å². The smallest absolute Gasteiger partial charge is 0.336 e. The Morgan fingerprint density at radius 2 is 1.71 bits per heavy atom. The van der Waals surface area contributed by atoms with Crippen molar-refractivity contribution in [2.24, 2.45) is 5.92 Å². The average Bonchev–Trinajstić information content (AvgIpc) is 2.82. The number of ether oxygens (including phenoxy) is 1. The molecule has 0 aromatic heterocycles. The van der Waals surface area contributed by atoms with Crippen LogP contribution in [0.5, 0.6) is 0 Å². The molecule has 180 valence electrons. The molecule has 6 heteroatoms. The Balaban J connectivity index is 1.85. The van der Waals surface area contributed by atoms with Crippen LogP contribution >= 0.6 is 0 Å². The highest BCUT2D eigenvalue weighted by atomic mass is 16.5. The molecule has 1 heterocycles. The number of rotatable bonds is 8. The predicted molar refractivity (Wildman–Crippen MR) is 132 cm³/mol. The van der Waals surface area contributed by atoms with Crippen molar-refractivity contribution in [3.05, 3.63) is 82.6 Å². The third kappa shape index (κ3) is 5.74. The van der Waals surface area contributed by atoms with Crippen molar-refractivity contribution in [3.63, 3.8) is 0 Å². The normalized spacial score (nSPS) is 17.1. The van der Waals surface area contributed by atoms with Crippen molar-refractivity contribution in [2.45, 2.75) is 59.5 Å². The van der Waals surface area contributed by atoms with Crippen LogP contribution < -0.4 is 5.32 Å². The van der Waals surface area contributed by atoms with E-state index in [0.29, 0.717) is 29.3 Å². The van der Waals surface area contributed by atoms with Crippen LogP contribution in [0, 0.1) is 5.92 Å². The first-order valence-corrected chi connectivity index (χ1v) is 11.9. The van der Waals surface area contributed by atoms with Crippen molar-refractivity contribution in [1.29, 1.82) is 0 Å². The second kappa shape index (κ2) is 11.1. The summed E-state index contributed by atoms with van der Waals surface area (Å²) in [5.74, 6) is -0.549. The molecule has 6 nitrogen and oxygen atoms in total. The summed E-state index contributed by atoms with van der Waals surface area (Å²) in [6.45, 7) is 10.3. The Kier molecular flexibility index (Phi) is 8.26. The van der Waals surface area contributed by atoms with Gasteiger partial charge in [0, 0.05) is 29.6 Å². The number of esters is 1. The lowest BCUT2D eigenvalue weighted by atomic mass is 9.83. The van der Waals surface area contributed by atoms with Crippen LogP contribution in [0.2, 0.25) is 0 Å². The highest BCUT2D eigenvalue weighted by Crippen LogP contribution is 2.37. The van der Waals surface area contributed by atoms with Crippen molar-refractivity contribution < 1.29 is 19.1 Å². The number of benzene rings is 2. The third-order valence-electron chi connectivity index (χ3n) is 6.44. The van der Waals surface area contributed by atoms with E-state index in [1.165, 1.54) is 0 Å². The Bertz CT molecular complexity index is 1060. The van der Waals surface area contributed by atoms with E-state index >= 15 is 0 Å². The largest absolute Gasteiger partial charge is 0.463 e. The molecule has 2 aromatic carbocycles. The fourth-order valence-corrected chi connectivity index (χ4v) is 4.05. The molecule has 0 aliphatic carbocycles. The maximum atomic E-state index is 13.2. The Morgan fingerprint density at radius 1 is 1.06 bits per heavy atom. The lowest BCUT2D eigenvalue weighted by Gasteiger charge is -2.34. The van der Waals surface area contributed by atoms with Gasteiger partial charge in [-0.15, -0.1) is 0 Å². The van der Waals surface area contributed by atoms with Gasteiger partial charge < -0.3 is 15.0 Å². The van der Waals surface area contributed by atoms with E-state index in [9.17, 15) is 14.4 Å². The van der Waals surface area contributed by atoms with E-state index in [2.05, 4.69) is 19.2 Å². The molecule has 1 aliphatic rings. The van der Waals surface area contributed by atoms with Gasteiger partial charge in [-0.25, -0.2) is 4.79 Å². The van der Waals surface area contributed by atoms with Gasteiger partial charge in [0.05, 0.1) is 18.7 Å². The van der Waals surface area contributed by atoms with Gasteiger partial charge in [0.2, 0.25) is 5.91 Å². The van der Waals surface area contributed by atoms with Crippen LogP contribution in [0.25, 0.3) is 0 Å². The van der Waals surface area contributed by atoms with Crippen LogP contribution in [0.4, 0.5) is 0 Å². The van der Waals surface area contributed by atoms with Gasteiger partial charge in [-0.2, -0.15) is 0 Å². The first kappa shape index (κ1) is 25.2. The number of carbonyl (C=O) groups excluding carboxylic acids is 3. The topological polar surface area (TPSA) is 75.7 Å². The Morgan fingerprint density at radius 3 is 2.29 bits per heavy atom. The summed E-state index contributed by atoms with van der Waals surface area (Å²) in [5.41, 5.74) is 3.50. The molecule has 0 fully saturated rings. The van der Waals surface area contributed by atoms with Crippen LogP contribution in [-0.4, -0.2) is 35.3 Å². The van der Waals surface area contributed by atoms with Gasteiger partial charge in [0.1, 0.15) is 0 Å². The van der Waals surface area contributed by atoms with E-state index in [1.54, 1.807) is 30.9 Å². The molecular formula is C28H34N2O4. The van der Waals surface area contributed by atoms with Crippen LogP contribution in [-0.2, 0) is 20.9 Å². The molecule has 0 saturated carbocycles. The monoisotopic (exact) mass is 462 g/mol. The molecule has 0 spiro atoms. The van der Waals surface area contributed by atoms with Gasteiger partial charge in [0.25, 0.3) is 5.91 Å². The van der Waals surface area contributed by atoms with Gasteiger partial charge in [-0.3, -0.25) is 9.59 Å². The molecule has 2 atom stereocenters. The maximum absolute atomic E-state index is 13.2. The molecule has 0 radical (unpaired) electrons. The van der Waals surface area contributed by atoms with Crippen LogP contribution in [0.15, 0.2) is 65.9 Å². The third-order valence-corrected chi connectivity index (χ3v) is 6.44. The number of nitrogens with zero attached hydrogens (tertiary/aromatic N) is 1. The SMILES string of the molecule is CCOC(=O)C1=C(C)N(Cc2ccc(C(=O)N[C@H](C)C(C)C)cc2)C(=O)C[C@@H]1c1ccccc1. The highest BCUT2D eigenvalue weighted by molar-refractivity contribution is 5.96. The molecule has 2 amide bonds. The minimum absolute atomic E-state index is 0.0491. The van der Waals surface area contributed by atoms with Crippen molar-refractivity contribution in [2.75, 3.05) is 6.61 Å². The van der Waals surface area contributed by atoms with Crippen LogP contribution in [0.3, 0.4) is 0 Å². The predicted octanol–water partition coefficient (Wildman–Crippen LogP) is 4.81. The molecule has 1 N–H and O–H groups in total. The first-order chi connectivity index (χ1) is 16.2. The number of amides is 2. The van der Waals surface area contributed by atoms with Crippen LogP contribution in [0.1, 0.15) is 68.4 Å². The zero-order valence-electron chi connectivity index (χ0n) is 20.6. The molecule has 2 aromatic rings. The molecule has 3 rings (SSSR count). The number of allylic oxidation sites excluding steroid dienone is 1. The fraction of sp³-hybridized carbons (Fsp3) is 0.393. The Hall–Kier alpha value is -3.41. The molecule has 0 bridgehead atoms. The van der Waals surface area contributed by atoms with E-state index in [-0.39, 0.29) is 36.8 Å². The summed E-state index contributed by atoms with van der Waals surface area (Å²) in [6, 6.07) is 16.9. The van der Waals surface area contributed by atoms with Gasteiger partial charge >= 0.3 is 5.97 Å². The summed E-state index contributed by atoms with van der Waals surface area (Å²) >= 11 is 0. The highest BCUT2D eigenvalue weighted by Gasteiger charge is 2.36. The lowest BCUT2D eigenvalue weighted by Crippen LogP contribution is -2.38. The molecule has 0 saturated heterocycles. The van der Waals surface area contributed by atoms with E-state index in [1.807, 2.05) is 49.4 Å². The second-order valence-electron chi connectivity index (χ2n) is 9.07. The average molecular weight is 463 g/mol. The minimum Gasteiger partial charge on any atom is -0.463 e. The summed E-state index contributed by atoms with van der Waals surface area (Å²) in [6.07, 6.45) is 0.198. The van der Waals surface area contributed by atoms with Crippen molar-refractivity contribution >= 4 is 17.8 Å². The standard InChI is InChI=1S/C28H34N2O4/c1-6-34-28(33)26-20(5)30(25(31)16-24(26)22-10-8-7-9-11-22)17-21-12-14-23(15-13-21)27(32)29-19(4)18(2)3/h7-15,18-19,24H,6,16-17H2,1-5H3,(H,29,32)/t19-,24-/m1/s1. The molecule has 1 aliphatic heterocycles. The summed E-state index contributed by atoms with van der Waals surface area (Å²) in [5, 5.41) is 3.00. The summed E-state index contributed by atoms with van der Waals surface area (Å²) in [7, 11) is 0.